The third kappa shape index (κ3) is 3.47. The van der Waals surface area contributed by atoms with E-state index in [0.29, 0.717) is 18.7 Å². The van der Waals surface area contributed by atoms with E-state index >= 15 is 0 Å². The van der Waals surface area contributed by atoms with Crippen molar-refractivity contribution < 1.29 is 17.3 Å². The van der Waals surface area contributed by atoms with Crippen molar-refractivity contribution in [3.05, 3.63) is 34.9 Å². The van der Waals surface area contributed by atoms with Crippen LogP contribution in [0, 0.1) is 11.7 Å². The van der Waals surface area contributed by atoms with E-state index in [-0.39, 0.29) is 33.8 Å². The Morgan fingerprint density at radius 3 is 2.95 bits per heavy atom. The van der Waals surface area contributed by atoms with Crippen molar-refractivity contribution in [3.8, 4) is 11.4 Å². The second kappa shape index (κ2) is 5.96. The van der Waals surface area contributed by atoms with E-state index in [1.54, 1.807) is 6.07 Å². The molecular weight excluding hydrogens is 331 g/mol. The molecule has 1 saturated heterocycles. The van der Waals surface area contributed by atoms with Gasteiger partial charge in [-0.3, -0.25) is 0 Å². The molecule has 0 aliphatic carbocycles. The molecule has 1 unspecified atom stereocenters. The number of sulfone groups is 1. The summed E-state index contributed by atoms with van der Waals surface area (Å²) in [7, 11) is -2.97. The van der Waals surface area contributed by atoms with Crippen LogP contribution in [0.25, 0.3) is 11.4 Å². The summed E-state index contributed by atoms with van der Waals surface area (Å²) in [6.45, 7) is 0. The molecule has 118 valence electrons. The molecule has 5 nitrogen and oxygen atoms in total. The lowest BCUT2D eigenvalue weighted by atomic mass is 10.0. The highest BCUT2D eigenvalue weighted by molar-refractivity contribution is 7.91. The van der Waals surface area contributed by atoms with Crippen LogP contribution >= 0.6 is 11.6 Å². The molecule has 0 radical (unpaired) electrons. The molecule has 0 bridgehead atoms. The highest BCUT2D eigenvalue weighted by atomic mass is 35.5. The Kier molecular flexibility index (Phi) is 4.18. The maximum absolute atomic E-state index is 13.8. The summed E-state index contributed by atoms with van der Waals surface area (Å²) in [5.41, 5.74) is 0.204. The summed E-state index contributed by atoms with van der Waals surface area (Å²) in [5, 5.41) is 4.05. The molecule has 1 aromatic carbocycles. The Hall–Kier alpha value is -1.47. The van der Waals surface area contributed by atoms with Gasteiger partial charge in [0.1, 0.15) is 5.82 Å². The molecule has 0 N–H and O–H groups in total. The zero-order valence-electron chi connectivity index (χ0n) is 11.6. The van der Waals surface area contributed by atoms with E-state index in [0.717, 1.165) is 6.42 Å². The third-order valence-corrected chi connectivity index (χ3v) is 5.79. The summed E-state index contributed by atoms with van der Waals surface area (Å²) in [6.07, 6.45) is 1.85. The molecule has 1 aliphatic rings. The first-order chi connectivity index (χ1) is 10.4. The maximum Gasteiger partial charge on any atom is 0.227 e. The monoisotopic (exact) mass is 344 g/mol. The summed E-state index contributed by atoms with van der Waals surface area (Å²) in [5.74, 6) is 0.297. The van der Waals surface area contributed by atoms with Gasteiger partial charge in [-0.05, 0) is 37.0 Å². The number of hydrogen-bond acceptors (Lipinski definition) is 5. The lowest BCUT2D eigenvalue weighted by Crippen LogP contribution is -2.26. The number of rotatable bonds is 3. The first kappa shape index (κ1) is 15.4. The fourth-order valence-electron chi connectivity index (χ4n) is 2.64. The summed E-state index contributed by atoms with van der Waals surface area (Å²) >= 11 is 5.70. The van der Waals surface area contributed by atoms with Crippen LogP contribution in [-0.4, -0.2) is 30.1 Å². The zero-order chi connectivity index (χ0) is 15.7. The quantitative estimate of drug-likeness (QED) is 0.856. The molecule has 22 heavy (non-hydrogen) atoms. The van der Waals surface area contributed by atoms with Crippen LogP contribution in [-0.2, 0) is 16.3 Å². The predicted molar refractivity (Wildman–Crippen MR) is 79.8 cm³/mol. The topological polar surface area (TPSA) is 73.1 Å². The van der Waals surface area contributed by atoms with Crippen molar-refractivity contribution in [2.75, 3.05) is 11.5 Å². The third-order valence-electron chi connectivity index (χ3n) is 3.66. The maximum atomic E-state index is 13.8. The van der Waals surface area contributed by atoms with Gasteiger partial charge in [0.25, 0.3) is 0 Å². The lowest BCUT2D eigenvalue weighted by Gasteiger charge is -2.19. The number of halogens is 2. The molecule has 0 spiro atoms. The predicted octanol–water partition coefficient (Wildman–Crippen LogP) is 2.90. The summed E-state index contributed by atoms with van der Waals surface area (Å²) in [4.78, 5) is 4.16. The van der Waals surface area contributed by atoms with Gasteiger partial charge >= 0.3 is 0 Å². The molecule has 1 atom stereocenters. The van der Waals surface area contributed by atoms with Gasteiger partial charge in [-0.25, -0.2) is 12.8 Å². The number of aromatic nitrogens is 2. The molecule has 8 heteroatoms. The fraction of sp³-hybridized carbons (Fsp3) is 0.429. The highest BCUT2D eigenvalue weighted by Gasteiger charge is 2.26. The van der Waals surface area contributed by atoms with Crippen molar-refractivity contribution >= 4 is 21.4 Å². The lowest BCUT2D eigenvalue weighted by molar-refractivity contribution is 0.349. The van der Waals surface area contributed by atoms with Gasteiger partial charge in [-0.1, -0.05) is 16.8 Å². The minimum absolute atomic E-state index is 0.0258. The van der Waals surface area contributed by atoms with Crippen LogP contribution in [0.3, 0.4) is 0 Å². The molecule has 0 saturated carbocycles. The molecule has 2 aromatic rings. The van der Waals surface area contributed by atoms with Crippen LogP contribution in [0.2, 0.25) is 5.02 Å². The standard InChI is InChI=1S/C14H14ClFN2O3S/c15-10-3-4-11(12(16)7-10)14-17-13(21-18-14)6-9-2-1-5-22(19,20)8-9/h3-4,7,9H,1-2,5-6,8H2. The molecule has 1 fully saturated rings. The van der Waals surface area contributed by atoms with Crippen LogP contribution in [0.4, 0.5) is 4.39 Å². The van der Waals surface area contributed by atoms with E-state index in [1.807, 2.05) is 0 Å². The molecule has 1 aliphatic heterocycles. The Balaban J connectivity index is 1.76. The van der Waals surface area contributed by atoms with Gasteiger partial charge in [-0.2, -0.15) is 4.98 Å². The number of nitrogens with zero attached hydrogens (tertiary/aromatic N) is 2. The SMILES string of the molecule is O=S1(=O)CCCC(Cc2nc(-c3ccc(Cl)cc3F)no2)C1. The van der Waals surface area contributed by atoms with Crippen molar-refractivity contribution in [2.24, 2.45) is 5.92 Å². The van der Waals surface area contributed by atoms with Gasteiger partial charge in [0, 0.05) is 11.4 Å². The van der Waals surface area contributed by atoms with Gasteiger partial charge < -0.3 is 4.52 Å². The minimum atomic E-state index is -2.97. The van der Waals surface area contributed by atoms with Gasteiger partial charge in [0.2, 0.25) is 11.7 Å². The Morgan fingerprint density at radius 1 is 1.41 bits per heavy atom. The second-order valence-corrected chi connectivity index (χ2v) is 8.13. The summed E-state index contributed by atoms with van der Waals surface area (Å²) < 4.78 is 42.2. The van der Waals surface area contributed by atoms with Crippen LogP contribution < -0.4 is 0 Å². The van der Waals surface area contributed by atoms with Crippen molar-refractivity contribution in [1.29, 1.82) is 0 Å². The van der Waals surface area contributed by atoms with Gasteiger partial charge in [0.05, 0.1) is 17.1 Å². The Bertz CT molecular complexity index is 791. The van der Waals surface area contributed by atoms with Crippen LogP contribution in [0.1, 0.15) is 18.7 Å². The van der Waals surface area contributed by atoms with Gasteiger partial charge in [0.15, 0.2) is 9.84 Å². The average molecular weight is 345 g/mol. The highest BCUT2D eigenvalue weighted by Crippen LogP contribution is 2.25. The number of benzene rings is 1. The fourth-order valence-corrected chi connectivity index (χ4v) is 4.58. The molecule has 2 heterocycles. The van der Waals surface area contributed by atoms with Crippen LogP contribution in [0.5, 0.6) is 0 Å². The normalized spacial score (nSPS) is 20.9. The van der Waals surface area contributed by atoms with E-state index in [2.05, 4.69) is 10.1 Å². The van der Waals surface area contributed by atoms with E-state index in [4.69, 9.17) is 16.1 Å². The zero-order valence-corrected chi connectivity index (χ0v) is 13.2. The Morgan fingerprint density at radius 2 is 2.23 bits per heavy atom. The first-order valence-corrected chi connectivity index (χ1v) is 9.11. The van der Waals surface area contributed by atoms with Crippen molar-refractivity contribution in [3.63, 3.8) is 0 Å². The summed E-state index contributed by atoms with van der Waals surface area (Å²) in [6, 6.07) is 4.21. The molecular formula is C14H14ClFN2O3S. The van der Waals surface area contributed by atoms with Gasteiger partial charge in [-0.15, -0.1) is 0 Å². The average Bonchev–Trinajstić information content (AvgIpc) is 2.85. The molecule has 0 amide bonds. The van der Waals surface area contributed by atoms with Crippen molar-refractivity contribution in [2.45, 2.75) is 19.3 Å². The largest absolute Gasteiger partial charge is 0.339 e. The minimum Gasteiger partial charge on any atom is -0.339 e. The van der Waals surface area contributed by atoms with E-state index < -0.39 is 15.7 Å². The molecule has 3 rings (SSSR count). The Labute approximate surface area is 132 Å². The van der Waals surface area contributed by atoms with E-state index in [1.165, 1.54) is 12.1 Å². The smallest absolute Gasteiger partial charge is 0.227 e. The number of hydrogen-bond donors (Lipinski definition) is 0. The van der Waals surface area contributed by atoms with Crippen molar-refractivity contribution in [1.82, 2.24) is 10.1 Å². The van der Waals surface area contributed by atoms with E-state index in [9.17, 15) is 12.8 Å². The van der Waals surface area contributed by atoms with Crippen LogP contribution in [0.15, 0.2) is 22.7 Å². The second-order valence-electron chi connectivity index (χ2n) is 5.46. The first-order valence-electron chi connectivity index (χ1n) is 6.91. The molecule has 1 aromatic heterocycles.